The lowest BCUT2D eigenvalue weighted by Gasteiger charge is -2.34. The molecule has 0 saturated heterocycles. The molecule has 3 heterocycles. The van der Waals surface area contributed by atoms with Crippen LogP contribution in [0, 0.1) is 0 Å². The molecule has 13 heteroatoms. The first-order valence-corrected chi connectivity index (χ1v) is 29.6. The van der Waals surface area contributed by atoms with Crippen molar-refractivity contribution in [2.24, 2.45) is 0 Å². The normalized spacial score (nSPS) is 11.6. The molecule has 0 fully saturated rings. The highest BCUT2D eigenvalue weighted by molar-refractivity contribution is 6.30. The largest absolute Gasteiger partial charge is 1.00 e. The van der Waals surface area contributed by atoms with Gasteiger partial charge in [-0.15, -0.1) is 30.0 Å². The Morgan fingerprint density at radius 2 is 0.759 bits per heavy atom. The maximum Gasteiger partial charge on any atom is 0.284 e. The van der Waals surface area contributed by atoms with Crippen LogP contribution >= 0.6 is 11.6 Å². The summed E-state index contributed by atoms with van der Waals surface area (Å²) in [4.78, 5) is 3.53. The number of aliphatic hydroxyl groups is 1. The van der Waals surface area contributed by atoms with Crippen LogP contribution in [0.3, 0.4) is 0 Å². The van der Waals surface area contributed by atoms with Crippen molar-refractivity contribution in [1.82, 2.24) is 45.0 Å². The van der Waals surface area contributed by atoms with Gasteiger partial charge in [-0.3, -0.25) is 0 Å². The molecule has 0 spiro atoms. The van der Waals surface area contributed by atoms with E-state index in [1.807, 2.05) is 60.7 Å². The van der Waals surface area contributed by atoms with Gasteiger partial charge in [0.25, 0.3) is 5.82 Å². The number of unbranched alkanes of at least 4 members (excludes halogenated alkanes) is 1. The van der Waals surface area contributed by atoms with Gasteiger partial charge in [0.15, 0.2) is 16.8 Å². The van der Waals surface area contributed by atoms with Gasteiger partial charge in [0, 0.05) is 17.5 Å². The summed E-state index contributed by atoms with van der Waals surface area (Å²) in [5.74, 6) is 1.77. The van der Waals surface area contributed by atoms with Crippen LogP contribution in [0.1, 0.15) is 75.8 Å². The Morgan fingerprint density at radius 3 is 1.10 bits per heavy atom. The van der Waals surface area contributed by atoms with E-state index in [4.69, 9.17) is 42.4 Å². The Bertz CT molecular complexity index is 4180. The molecule has 0 saturated carbocycles. The van der Waals surface area contributed by atoms with Crippen molar-refractivity contribution in [3.8, 4) is 45.0 Å². The molecule has 0 atom stereocenters. The monoisotopic (exact) mass is 1220 g/mol. The molecule has 11 nitrogen and oxygen atoms in total. The van der Waals surface area contributed by atoms with Gasteiger partial charge >= 0.3 is 0 Å². The molecule has 87 heavy (non-hydrogen) atoms. The molecule has 0 aliphatic rings. The van der Waals surface area contributed by atoms with Crippen molar-refractivity contribution in [2.45, 2.75) is 57.0 Å². The number of tetrazole rings is 2. The number of rotatable bonds is 20. The maximum atomic E-state index is 11.2. The van der Waals surface area contributed by atoms with Gasteiger partial charge in [-0.05, 0) is 95.2 Å². The minimum absolute atomic E-state index is 0. The molecule has 13 rings (SSSR count). The lowest BCUT2D eigenvalue weighted by Crippen LogP contribution is -3.00. The Balaban J connectivity index is 0.00000739. The number of aliphatic hydroxyl groups excluding tert-OH is 1. The number of hydrogen-bond donors (Lipinski definition) is 1. The van der Waals surface area contributed by atoms with Gasteiger partial charge in [-0.25, -0.2) is 9.13 Å². The van der Waals surface area contributed by atoms with Crippen LogP contribution in [-0.4, -0.2) is 50.1 Å². The van der Waals surface area contributed by atoms with E-state index in [0.29, 0.717) is 29.9 Å². The van der Waals surface area contributed by atoms with E-state index in [1.54, 1.807) is 9.59 Å². The van der Waals surface area contributed by atoms with E-state index < -0.39 is 11.1 Å². The molecule has 10 aromatic carbocycles. The van der Waals surface area contributed by atoms with E-state index >= 15 is 0 Å². The summed E-state index contributed by atoms with van der Waals surface area (Å²) < 4.78 is 4.26. The molecule has 1 N–H and O–H groups in total. The number of hydrogen-bond acceptors (Lipinski definition) is 7. The summed E-state index contributed by atoms with van der Waals surface area (Å²) in [5, 5.41) is 41.6. The zero-order valence-electron chi connectivity index (χ0n) is 48.0. The van der Waals surface area contributed by atoms with Gasteiger partial charge in [0.1, 0.15) is 19.7 Å². The van der Waals surface area contributed by atoms with Crippen molar-refractivity contribution >= 4 is 11.6 Å². The highest BCUT2D eigenvalue weighted by Gasteiger charge is 2.43. The first kappa shape index (κ1) is 57.7. The second-order valence-electron chi connectivity index (χ2n) is 21.5. The third-order valence-corrected chi connectivity index (χ3v) is 16.9. The number of aromatic nitrogens is 10. The van der Waals surface area contributed by atoms with E-state index in [2.05, 4.69) is 234 Å². The Morgan fingerprint density at radius 1 is 0.425 bits per heavy atom. The van der Waals surface area contributed by atoms with Crippen LogP contribution < -0.4 is 21.5 Å². The van der Waals surface area contributed by atoms with Crippen LogP contribution in [0.5, 0.6) is 0 Å². The summed E-state index contributed by atoms with van der Waals surface area (Å²) >= 11 is 7.44. The molecule has 0 aliphatic heterocycles. The number of benzene rings is 10. The zero-order chi connectivity index (χ0) is 58.3. The fourth-order valence-electron chi connectivity index (χ4n) is 12.3. The Kier molecular flexibility index (Phi) is 17.2. The standard InChI is InChI=1S/C74H62ClN10O.BrH/c1-2-3-42-68-70(75)83(52-55-45-49-57(50-46-55)65-39-23-25-41-67(65)72-77-81-85(79-72)74(61-32-16-7-17-33-61,62-34-18-8-19-35-62)63-36-20-9-21-37-63)69(53-86)82(68)51-54-43-47-56(48-44-54)64-38-22-24-40-66(64)71-76-80-84(78-71)73(58-26-10-4-11-27-58,59-28-12-5-13-29-59)60-30-14-6-15-31-60;/h4-41,43-50,86H,2-3,42,51-53H2,1H3;1H/q+1;/p-1. The van der Waals surface area contributed by atoms with E-state index in [0.717, 1.165) is 109 Å². The summed E-state index contributed by atoms with van der Waals surface area (Å²) in [6, 6.07) is 95.8. The number of nitrogens with zero attached hydrogens (tertiary/aromatic N) is 10. The van der Waals surface area contributed by atoms with Crippen LogP contribution in [-0.2, 0) is 37.2 Å². The molecule has 0 radical (unpaired) electrons. The Hall–Kier alpha value is -9.72. The molecule has 0 amide bonds. The second kappa shape index (κ2) is 25.9. The first-order chi connectivity index (χ1) is 42.5. The SMILES string of the molecule is CCCCc1c(Cl)n(Cc2ccc(-c3ccccc3-c3nnn(C(c4ccccc4)(c4ccccc4)c4ccccc4)n3)cc2)c(CO)[n+]1Cc1ccc(-c2ccccc2-c2nnn(C(c3ccccc3)(c3ccccc3)c3ccccc3)n2)cc1.[Br-]. The van der Waals surface area contributed by atoms with Crippen LogP contribution in [0.4, 0.5) is 0 Å². The average Bonchev–Trinajstić information content (AvgIpc) is 1.81. The van der Waals surface area contributed by atoms with Gasteiger partial charge in [0.2, 0.25) is 16.8 Å². The first-order valence-electron chi connectivity index (χ1n) is 29.2. The highest BCUT2D eigenvalue weighted by atomic mass is 79.9. The van der Waals surface area contributed by atoms with Gasteiger partial charge < -0.3 is 22.1 Å². The van der Waals surface area contributed by atoms with Crippen LogP contribution in [0.25, 0.3) is 45.0 Å². The van der Waals surface area contributed by atoms with E-state index in [9.17, 15) is 5.11 Å². The molecule has 0 aliphatic carbocycles. The van der Waals surface area contributed by atoms with Crippen LogP contribution in [0.2, 0.25) is 5.15 Å². The van der Waals surface area contributed by atoms with Crippen LogP contribution in [0.15, 0.2) is 279 Å². The summed E-state index contributed by atoms with van der Waals surface area (Å²) in [6.07, 6.45) is 2.72. The molecule has 0 unspecified atom stereocenters. The zero-order valence-corrected chi connectivity index (χ0v) is 50.3. The number of halogens is 2. The minimum Gasteiger partial charge on any atom is -1.00 e. The van der Waals surface area contributed by atoms with E-state index in [-0.39, 0.29) is 23.6 Å². The van der Waals surface area contributed by atoms with Gasteiger partial charge in [-0.1, -0.05) is 292 Å². The predicted molar refractivity (Wildman–Crippen MR) is 339 cm³/mol. The molecule has 13 aromatic rings. The molecular weight excluding hydrogens is 1160 g/mol. The fourth-order valence-corrected chi connectivity index (χ4v) is 12.6. The average molecular weight is 1220 g/mol. The third kappa shape index (κ3) is 10.9. The lowest BCUT2D eigenvalue weighted by atomic mass is 9.77. The Labute approximate surface area is 522 Å². The lowest BCUT2D eigenvalue weighted by molar-refractivity contribution is -0.704. The molecule has 0 bridgehead atoms. The van der Waals surface area contributed by atoms with Crippen molar-refractivity contribution < 1.29 is 26.7 Å². The van der Waals surface area contributed by atoms with Crippen molar-refractivity contribution in [2.75, 3.05) is 0 Å². The topological polar surface area (TPSA) is 116 Å². The summed E-state index contributed by atoms with van der Waals surface area (Å²) in [5.41, 5.74) is 13.1. The van der Waals surface area contributed by atoms with Crippen molar-refractivity contribution in [3.05, 3.63) is 340 Å². The highest BCUT2D eigenvalue weighted by Crippen LogP contribution is 2.43. The molecular formula is C74H62BrClN10O. The minimum atomic E-state index is -0.902. The summed E-state index contributed by atoms with van der Waals surface area (Å²) in [7, 11) is 0. The van der Waals surface area contributed by atoms with Crippen molar-refractivity contribution in [3.63, 3.8) is 0 Å². The van der Waals surface area contributed by atoms with Crippen molar-refractivity contribution in [1.29, 1.82) is 0 Å². The maximum absolute atomic E-state index is 11.2. The molecule has 428 valence electrons. The van der Waals surface area contributed by atoms with Gasteiger partial charge in [0.05, 0.1) is 0 Å². The van der Waals surface area contributed by atoms with Gasteiger partial charge in [-0.2, -0.15) is 0 Å². The molecule has 3 aromatic heterocycles. The third-order valence-electron chi connectivity index (χ3n) is 16.5. The predicted octanol–water partition coefficient (Wildman–Crippen LogP) is 11.7. The number of imidazole rings is 1. The summed E-state index contributed by atoms with van der Waals surface area (Å²) in [6.45, 7) is 2.99. The second-order valence-corrected chi connectivity index (χ2v) is 21.9. The smallest absolute Gasteiger partial charge is 0.284 e. The quantitative estimate of drug-likeness (QED) is 0.0597. The fraction of sp³-hybridized carbons (Fsp3) is 0.122. The van der Waals surface area contributed by atoms with E-state index in [1.165, 1.54) is 0 Å².